The molecule has 1 N–H and O–H groups in total. The Hall–Kier alpha value is -3.14. The van der Waals surface area contributed by atoms with Crippen LogP contribution in [0.2, 0.25) is 0 Å². The number of guanidine groups is 1. The lowest BCUT2D eigenvalue weighted by Crippen LogP contribution is -2.64. The van der Waals surface area contributed by atoms with E-state index >= 15 is 0 Å². The molecule has 32 heavy (non-hydrogen) atoms. The van der Waals surface area contributed by atoms with Gasteiger partial charge in [0, 0.05) is 44.3 Å². The lowest BCUT2D eigenvalue weighted by Gasteiger charge is -2.38. The average molecular weight is 452 g/mol. The van der Waals surface area contributed by atoms with Crippen molar-refractivity contribution >= 4 is 29.7 Å². The summed E-state index contributed by atoms with van der Waals surface area (Å²) in [6, 6.07) is 9.34. The van der Waals surface area contributed by atoms with E-state index in [2.05, 4.69) is 44.5 Å². The number of imide groups is 1. The van der Waals surface area contributed by atoms with Gasteiger partial charge in [0.05, 0.1) is 0 Å². The zero-order valence-electron chi connectivity index (χ0n) is 18.1. The van der Waals surface area contributed by atoms with Crippen molar-refractivity contribution in [2.45, 2.75) is 37.3 Å². The SMILES string of the molecule is Cc1ccnc(SCCN2C(N3CCc4ccccc4C3)=NC3C2C(=O)NC(=O)N3C)n1. The number of urea groups is 1. The number of nitrogens with zero attached hydrogens (tertiary/aromatic N) is 6. The van der Waals surface area contributed by atoms with Gasteiger partial charge in [0.25, 0.3) is 5.91 Å². The van der Waals surface area contributed by atoms with Crippen molar-refractivity contribution in [2.75, 3.05) is 25.9 Å². The van der Waals surface area contributed by atoms with E-state index in [0.717, 1.165) is 31.2 Å². The molecule has 10 heteroatoms. The van der Waals surface area contributed by atoms with E-state index in [1.54, 1.807) is 25.0 Å². The molecule has 2 unspecified atom stereocenters. The summed E-state index contributed by atoms with van der Waals surface area (Å²) in [7, 11) is 1.69. The summed E-state index contributed by atoms with van der Waals surface area (Å²) in [4.78, 5) is 44.5. The van der Waals surface area contributed by atoms with Crippen LogP contribution in [0.5, 0.6) is 0 Å². The third-order valence-electron chi connectivity index (χ3n) is 6.09. The molecule has 0 aliphatic carbocycles. The number of aliphatic imine (C=N–C) groups is 1. The molecule has 4 heterocycles. The summed E-state index contributed by atoms with van der Waals surface area (Å²) >= 11 is 1.55. The summed E-state index contributed by atoms with van der Waals surface area (Å²) in [5.74, 6) is 1.17. The number of carbonyl (C=O) groups is 2. The quantitative estimate of drug-likeness (QED) is 0.556. The number of likely N-dealkylation sites (N-methyl/N-ethyl adjacent to an activating group) is 1. The number of thioether (sulfide) groups is 1. The first-order chi connectivity index (χ1) is 15.5. The van der Waals surface area contributed by atoms with Crippen molar-refractivity contribution in [3.8, 4) is 0 Å². The third kappa shape index (κ3) is 3.79. The van der Waals surface area contributed by atoms with Crippen molar-refractivity contribution in [3.63, 3.8) is 0 Å². The van der Waals surface area contributed by atoms with Gasteiger partial charge in [0.15, 0.2) is 23.3 Å². The summed E-state index contributed by atoms with van der Waals surface area (Å²) in [5, 5.41) is 3.18. The number of nitrogens with one attached hydrogen (secondary N) is 1. The Morgan fingerprint density at radius 1 is 1.19 bits per heavy atom. The first kappa shape index (κ1) is 20.7. The van der Waals surface area contributed by atoms with Crippen LogP contribution >= 0.6 is 11.8 Å². The molecule has 0 bridgehead atoms. The summed E-state index contributed by atoms with van der Waals surface area (Å²) in [5.41, 5.74) is 3.54. The van der Waals surface area contributed by atoms with Gasteiger partial charge in [-0.2, -0.15) is 0 Å². The highest BCUT2D eigenvalue weighted by atomic mass is 32.2. The lowest BCUT2D eigenvalue weighted by molar-refractivity contribution is -0.127. The molecular weight excluding hydrogens is 426 g/mol. The normalized spacial score (nSPS) is 22.4. The Morgan fingerprint density at radius 3 is 2.81 bits per heavy atom. The number of amides is 3. The minimum absolute atomic E-state index is 0.300. The van der Waals surface area contributed by atoms with E-state index in [9.17, 15) is 9.59 Å². The largest absolute Gasteiger partial charge is 0.338 e. The number of hydrogen-bond donors (Lipinski definition) is 1. The number of benzene rings is 1. The Kier molecular flexibility index (Phi) is 5.46. The molecule has 1 saturated heterocycles. The molecule has 1 fully saturated rings. The first-order valence-corrected chi connectivity index (χ1v) is 11.7. The van der Waals surface area contributed by atoms with Crippen LogP contribution < -0.4 is 5.32 Å². The van der Waals surface area contributed by atoms with E-state index in [4.69, 9.17) is 4.99 Å². The van der Waals surface area contributed by atoms with Crippen molar-refractivity contribution in [1.29, 1.82) is 0 Å². The highest BCUT2D eigenvalue weighted by Gasteiger charge is 2.49. The zero-order chi connectivity index (χ0) is 22.2. The third-order valence-corrected chi connectivity index (χ3v) is 6.93. The van der Waals surface area contributed by atoms with Gasteiger partial charge in [-0.15, -0.1) is 0 Å². The minimum Gasteiger partial charge on any atom is -0.338 e. The molecule has 166 valence electrons. The Labute approximate surface area is 190 Å². The maximum atomic E-state index is 12.8. The predicted octanol–water partition coefficient (Wildman–Crippen LogP) is 1.48. The van der Waals surface area contributed by atoms with Crippen molar-refractivity contribution in [1.82, 2.24) is 30.0 Å². The second kappa shape index (κ2) is 8.42. The van der Waals surface area contributed by atoms with Gasteiger partial charge in [-0.3, -0.25) is 10.1 Å². The Morgan fingerprint density at radius 2 is 2.00 bits per heavy atom. The fourth-order valence-electron chi connectivity index (χ4n) is 4.41. The van der Waals surface area contributed by atoms with E-state index in [1.807, 2.05) is 17.9 Å². The van der Waals surface area contributed by atoms with Crippen LogP contribution in [0.1, 0.15) is 16.8 Å². The maximum absolute atomic E-state index is 12.8. The molecule has 9 nitrogen and oxygen atoms in total. The van der Waals surface area contributed by atoms with Gasteiger partial charge in [-0.1, -0.05) is 36.0 Å². The Bertz CT molecular complexity index is 1090. The minimum atomic E-state index is -0.538. The number of aryl methyl sites for hydroxylation is 1. The molecule has 3 aliphatic heterocycles. The highest BCUT2D eigenvalue weighted by molar-refractivity contribution is 7.99. The smallest absolute Gasteiger partial charge is 0.325 e. The van der Waals surface area contributed by atoms with Crippen LogP contribution in [0, 0.1) is 6.92 Å². The molecule has 0 radical (unpaired) electrons. The second-order valence-electron chi connectivity index (χ2n) is 8.16. The van der Waals surface area contributed by atoms with Crippen molar-refractivity contribution in [2.24, 2.45) is 4.99 Å². The number of carbonyl (C=O) groups excluding carboxylic acids is 2. The lowest BCUT2D eigenvalue weighted by atomic mass is 10.0. The Balaban J connectivity index is 1.39. The van der Waals surface area contributed by atoms with E-state index in [1.165, 1.54) is 16.0 Å². The fourth-order valence-corrected chi connectivity index (χ4v) is 5.23. The van der Waals surface area contributed by atoms with Gasteiger partial charge in [-0.05, 0) is 30.5 Å². The standard InChI is InChI=1S/C22H25N7O2S/c1-14-7-9-23-20(24-14)32-12-11-29-17-18(27(2)22(31)26-19(17)30)25-21(29)28-10-8-15-5-3-4-6-16(15)13-28/h3-7,9,17-18H,8,10-13H2,1-2H3,(H,26,30,31). The number of fused-ring (bicyclic) bond motifs is 2. The average Bonchev–Trinajstić information content (AvgIpc) is 3.17. The van der Waals surface area contributed by atoms with Crippen LogP contribution in [-0.4, -0.2) is 80.7 Å². The van der Waals surface area contributed by atoms with E-state index in [-0.39, 0.29) is 5.91 Å². The van der Waals surface area contributed by atoms with Gasteiger partial charge < -0.3 is 14.7 Å². The number of rotatable bonds is 4. The molecule has 3 amide bonds. The predicted molar refractivity (Wildman–Crippen MR) is 121 cm³/mol. The van der Waals surface area contributed by atoms with Crippen LogP contribution in [0.15, 0.2) is 46.7 Å². The summed E-state index contributed by atoms with van der Waals surface area (Å²) in [6.07, 6.45) is 2.15. The molecule has 2 atom stereocenters. The first-order valence-electron chi connectivity index (χ1n) is 10.7. The van der Waals surface area contributed by atoms with Crippen molar-refractivity contribution in [3.05, 3.63) is 53.3 Å². The monoisotopic (exact) mass is 451 g/mol. The van der Waals surface area contributed by atoms with Crippen molar-refractivity contribution < 1.29 is 9.59 Å². The van der Waals surface area contributed by atoms with Gasteiger partial charge in [0.2, 0.25) is 0 Å². The zero-order valence-corrected chi connectivity index (χ0v) is 18.9. The molecular formula is C22H25N7O2S. The highest BCUT2D eigenvalue weighted by Crippen LogP contribution is 2.29. The second-order valence-corrected chi connectivity index (χ2v) is 9.22. The van der Waals surface area contributed by atoms with E-state index < -0.39 is 18.2 Å². The molecule has 0 spiro atoms. The molecule has 1 aromatic carbocycles. The van der Waals surface area contributed by atoms with Gasteiger partial charge in [-0.25, -0.2) is 19.8 Å². The summed E-state index contributed by atoms with van der Waals surface area (Å²) < 4.78 is 0. The van der Waals surface area contributed by atoms with Crippen LogP contribution in [0.4, 0.5) is 4.79 Å². The molecule has 0 saturated carbocycles. The molecule has 2 aromatic rings. The molecule has 1 aromatic heterocycles. The fraction of sp³-hybridized carbons (Fsp3) is 0.409. The van der Waals surface area contributed by atoms with Crippen LogP contribution in [-0.2, 0) is 17.8 Å². The van der Waals surface area contributed by atoms with Gasteiger partial charge >= 0.3 is 6.03 Å². The summed E-state index contributed by atoms with van der Waals surface area (Å²) in [6.45, 7) is 4.09. The van der Waals surface area contributed by atoms with E-state index in [0.29, 0.717) is 17.5 Å². The maximum Gasteiger partial charge on any atom is 0.325 e. The van der Waals surface area contributed by atoms with Gasteiger partial charge in [0.1, 0.15) is 0 Å². The molecule has 5 rings (SSSR count). The number of hydrogen-bond acceptors (Lipinski definition) is 8. The number of aromatic nitrogens is 2. The van der Waals surface area contributed by atoms with Crippen LogP contribution in [0.25, 0.3) is 0 Å². The topological polar surface area (TPSA) is 94.0 Å². The van der Waals surface area contributed by atoms with Crippen LogP contribution in [0.3, 0.4) is 0 Å². The molecule has 3 aliphatic rings.